The van der Waals surface area contributed by atoms with Crippen LogP contribution >= 0.6 is 0 Å². The standard InChI is InChI=1S/C16H23N3/c1-3-12-4-5-14-15(10-12)19(2)16(18-14)11-13-6-8-17-9-7-13/h4-5,10,13,17H,3,6-9,11H2,1-2H3. The first-order chi connectivity index (χ1) is 9.28. The van der Waals surface area contributed by atoms with Crippen LogP contribution in [0.5, 0.6) is 0 Å². The minimum atomic E-state index is 0.794. The highest BCUT2D eigenvalue weighted by atomic mass is 15.1. The van der Waals surface area contributed by atoms with Crippen LogP contribution in [-0.4, -0.2) is 22.6 Å². The van der Waals surface area contributed by atoms with Gasteiger partial charge in [-0.2, -0.15) is 0 Å². The number of nitrogens with zero attached hydrogens (tertiary/aromatic N) is 2. The maximum atomic E-state index is 4.82. The smallest absolute Gasteiger partial charge is 0.109 e. The van der Waals surface area contributed by atoms with E-state index in [-0.39, 0.29) is 0 Å². The molecule has 3 rings (SSSR count). The maximum Gasteiger partial charge on any atom is 0.109 e. The van der Waals surface area contributed by atoms with Crippen LogP contribution in [0.3, 0.4) is 0 Å². The van der Waals surface area contributed by atoms with Gasteiger partial charge in [-0.1, -0.05) is 13.0 Å². The van der Waals surface area contributed by atoms with Crippen LogP contribution in [0.1, 0.15) is 31.2 Å². The highest BCUT2D eigenvalue weighted by molar-refractivity contribution is 5.76. The molecule has 102 valence electrons. The van der Waals surface area contributed by atoms with Gasteiger partial charge >= 0.3 is 0 Å². The molecule has 1 aliphatic heterocycles. The normalized spacial score (nSPS) is 17.2. The van der Waals surface area contributed by atoms with Gasteiger partial charge < -0.3 is 9.88 Å². The number of imidazole rings is 1. The quantitative estimate of drug-likeness (QED) is 0.916. The fourth-order valence-corrected chi connectivity index (χ4v) is 3.03. The fourth-order valence-electron chi connectivity index (χ4n) is 3.03. The van der Waals surface area contributed by atoms with Gasteiger partial charge in [0.25, 0.3) is 0 Å². The van der Waals surface area contributed by atoms with Crippen LogP contribution in [0.2, 0.25) is 0 Å². The molecule has 0 radical (unpaired) electrons. The minimum Gasteiger partial charge on any atom is -0.331 e. The SMILES string of the molecule is CCc1ccc2nc(CC3CCNCC3)n(C)c2c1. The summed E-state index contributed by atoms with van der Waals surface area (Å²) < 4.78 is 2.29. The van der Waals surface area contributed by atoms with Crippen LogP contribution in [0.4, 0.5) is 0 Å². The number of aromatic nitrogens is 2. The first-order valence-electron chi connectivity index (χ1n) is 7.43. The summed E-state index contributed by atoms with van der Waals surface area (Å²) in [4.78, 5) is 4.82. The number of benzene rings is 1. The molecule has 0 amide bonds. The molecule has 3 heteroatoms. The summed E-state index contributed by atoms with van der Waals surface area (Å²) in [6.45, 7) is 4.52. The van der Waals surface area contributed by atoms with Gasteiger partial charge in [-0.25, -0.2) is 4.98 Å². The molecule has 1 aliphatic rings. The van der Waals surface area contributed by atoms with Crippen LogP contribution in [0.25, 0.3) is 11.0 Å². The van der Waals surface area contributed by atoms with Crippen molar-refractivity contribution in [3.8, 4) is 0 Å². The largest absolute Gasteiger partial charge is 0.331 e. The van der Waals surface area contributed by atoms with E-state index >= 15 is 0 Å². The van der Waals surface area contributed by atoms with Gasteiger partial charge in [-0.15, -0.1) is 0 Å². The van der Waals surface area contributed by atoms with Crippen molar-refractivity contribution in [3.05, 3.63) is 29.6 Å². The molecule has 1 fully saturated rings. The third-order valence-electron chi connectivity index (χ3n) is 4.38. The number of rotatable bonds is 3. The van der Waals surface area contributed by atoms with Crippen molar-refractivity contribution in [2.24, 2.45) is 13.0 Å². The van der Waals surface area contributed by atoms with E-state index in [0.717, 1.165) is 37.4 Å². The number of nitrogens with one attached hydrogen (secondary N) is 1. The van der Waals surface area contributed by atoms with Crippen LogP contribution < -0.4 is 5.32 Å². The molecule has 0 bridgehead atoms. The van der Waals surface area contributed by atoms with Crippen LogP contribution in [0, 0.1) is 5.92 Å². The fraction of sp³-hybridized carbons (Fsp3) is 0.562. The van der Waals surface area contributed by atoms with Crippen molar-refractivity contribution >= 4 is 11.0 Å². The first kappa shape index (κ1) is 12.7. The Labute approximate surface area is 115 Å². The number of hydrogen-bond donors (Lipinski definition) is 1. The van der Waals surface area contributed by atoms with Crippen molar-refractivity contribution in [2.75, 3.05) is 13.1 Å². The molecule has 1 N–H and O–H groups in total. The lowest BCUT2D eigenvalue weighted by Crippen LogP contribution is -2.29. The molecule has 0 saturated carbocycles. The predicted octanol–water partition coefficient (Wildman–Crippen LogP) is 2.68. The Morgan fingerprint density at radius 2 is 2.11 bits per heavy atom. The number of fused-ring (bicyclic) bond motifs is 1. The highest BCUT2D eigenvalue weighted by Gasteiger charge is 2.17. The lowest BCUT2D eigenvalue weighted by molar-refractivity contribution is 0.365. The molecule has 0 spiro atoms. The van der Waals surface area contributed by atoms with Crippen LogP contribution in [-0.2, 0) is 19.9 Å². The Balaban J connectivity index is 1.88. The van der Waals surface area contributed by atoms with Crippen LogP contribution in [0.15, 0.2) is 18.2 Å². The zero-order valence-electron chi connectivity index (χ0n) is 11.9. The van der Waals surface area contributed by atoms with E-state index in [4.69, 9.17) is 4.98 Å². The summed E-state index contributed by atoms with van der Waals surface area (Å²) in [5.74, 6) is 2.04. The van der Waals surface area contributed by atoms with E-state index in [0.29, 0.717) is 0 Å². The van der Waals surface area contributed by atoms with Gasteiger partial charge in [0, 0.05) is 13.5 Å². The predicted molar refractivity (Wildman–Crippen MR) is 79.4 cm³/mol. The van der Waals surface area contributed by atoms with E-state index in [2.05, 4.69) is 42.1 Å². The van der Waals surface area contributed by atoms with E-state index < -0.39 is 0 Å². The topological polar surface area (TPSA) is 29.9 Å². The Bertz CT molecular complexity index is 565. The Morgan fingerprint density at radius 1 is 1.32 bits per heavy atom. The molecule has 0 unspecified atom stereocenters. The second-order valence-electron chi connectivity index (χ2n) is 5.66. The summed E-state index contributed by atoms with van der Waals surface area (Å²) >= 11 is 0. The summed E-state index contributed by atoms with van der Waals surface area (Å²) in [6, 6.07) is 6.65. The van der Waals surface area contributed by atoms with Crippen molar-refractivity contribution in [1.82, 2.24) is 14.9 Å². The number of piperidine rings is 1. The molecular weight excluding hydrogens is 234 g/mol. The van der Waals surface area contributed by atoms with E-state index in [1.54, 1.807) is 0 Å². The Hall–Kier alpha value is -1.35. The zero-order valence-corrected chi connectivity index (χ0v) is 11.9. The highest BCUT2D eigenvalue weighted by Crippen LogP contribution is 2.22. The van der Waals surface area contributed by atoms with Gasteiger partial charge in [0.05, 0.1) is 11.0 Å². The molecule has 3 nitrogen and oxygen atoms in total. The molecule has 2 aromatic rings. The van der Waals surface area contributed by atoms with Gasteiger partial charge in [0.1, 0.15) is 5.82 Å². The van der Waals surface area contributed by atoms with Crippen molar-refractivity contribution < 1.29 is 0 Å². The lowest BCUT2D eigenvalue weighted by Gasteiger charge is -2.22. The second-order valence-corrected chi connectivity index (χ2v) is 5.66. The Morgan fingerprint density at radius 3 is 2.84 bits per heavy atom. The number of hydrogen-bond acceptors (Lipinski definition) is 2. The third kappa shape index (κ3) is 2.52. The van der Waals surface area contributed by atoms with Crippen molar-refractivity contribution in [1.29, 1.82) is 0 Å². The molecule has 19 heavy (non-hydrogen) atoms. The van der Waals surface area contributed by atoms with Crippen molar-refractivity contribution in [3.63, 3.8) is 0 Å². The van der Waals surface area contributed by atoms with E-state index in [1.165, 1.54) is 29.7 Å². The maximum absolute atomic E-state index is 4.82. The summed E-state index contributed by atoms with van der Waals surface area (Å²) in [6.07, 6.45) is 4.77. The average Bonchev–Trinajstić information content (AvgIpc) is 2.76. The molecular formula is C16H23N3. The van der Waals surface area contributed by atoms with E-state index in [9.17, 15) is 0 Å². The van der Waals surface area contributed by atoms with Gasteiger partial charge in [-0.3, -0.25) is 0 Å². The Kier molecular flexibility index (Phi) is 3.56. The molecule has 2 heterocycles. The average molecular weight is 257 g/mol. The van der Waals surface area contributed by atoms with Crippen molar-refractivity contribution in [2.45, 2.75) is 32.6 Å². The van der Waals surface area contributed by atoms with Gasteiger partial charge in [0.15, 0.2) is 0 Å². The second kappa shape index (κ2) is 5.33. The molecule has 0 aliphatic carbocycles. The monoisotopic (exact) mass is 257 g/mol. The molecule has 1 aromatic carbocycles. The van der Waals surface area contributed by atoms with Gasteiger partial charge in [0.2, 0.25) is 0 Å². The number of aryl methyl sites for hydroxylation is 2. The molecule has 1 saturated heterocycles. The minimum absolute atomic E-state index is 0.794. The van der Waals surface area contributed by atoms with E-state index in [1.807, 2.05) is 0 Å². The summed E-state index contributed by atoms with van der Waals surface area (Å²) in [5.41, 5.74) is 3.82. The molecule has 1 aromatic heterocycles. The zero-order chi connectivity index (χ0) is 13.2. The van der Waals surface area contributed by atoms with Gasteiger partial charge in [-0.05, 0) is 56.0 Å². The first-order valence-corrected chi connectivity index (χ1v) is 7.43. The third-order valence-corrected chi connectivity index (χ3v) is 4.38. The summed E-state index contributed by atoms with van der Waals surface area (Å²) in [7, 11) is 2.16. The summed E-state index contributed by atoms with van der Waals surface area (Å²) in [5, 5.41) is 3.43. The lowest BCUT2D eigenvalue weighted by atomic mass is 9.94. The molecule has 0 atom stereocenters.